The molecule has 0 saturated heterocycles. The Labute approximate surface area is 127 Å². The van der Waals surface area contributed by atoms with Gasteiger partial charge in [-0.3, -0.25) is 0 Å². The highest BCUT2D eigenvalue weighted by atomic mass is 32.1. The molecular formula is C14H8F2N2O3S. The number of carbonyl (C=O) groups excluding carboxylic acids is 1. The van der Waals surface area contributed by atoms with E-state index < -0.39 is 17.6 Å². The van der Waals surface area contributed by atoms with Crippen molar-refractivity contribution in [3.63, 3.8) is 0 Å². The molecule has 0 N–H and O–H groups in total. The van der Waals surface area contributed by atoms with Crippen LogP contribution in [-0.4, -0.2) is 15.9 Å². The maximum Gasteiger partial charge on any atom is 0.360 e. The van der Waals surface area contributed by atoms with Crippen molar-refractivity contribution in [2.45, 2.75) is 6.61 Å². The molecule has 0 bridgehead atoms. The van der Waals surface area contributed by atoms with Gasteiger partial charge in [-0.15, -0.1) is 11.3 Å². The zero-order chi connectivity index (χ0) is 15.5. The molecule has 0 aliphatic rings. The van der Waals surface area contributed by atoms with Gasteiger partial charge in [0.05, 0.1) is 11.3 Å². The number of hydrogen-bond donors (Lipinski definition) is 0. The van der Waals surface area contributed by atoms with Crippen molar-refractivity contribution in [3.05, 3.63) is 58.6 Å². The van der Waals surface area contributed by atoms with Crippen molar-refractivity contribution < 1.29 is 22.7 Å². The van der Waals surface area contributed by atoms with Crippen LogP contribution in [0.4, 0.5) is 8.78 Å². The number of oxazole rings is 1. The molecule has 3 rings (SSSR count). The van der Waals surface area contributed by atoms with Gasteiger partial charge in [-0.2, -0.15) is 0 Å². The van der Waals surface area contributed by atoms with Gasteiger partial charge in [-0.1, -0.05) is 6.07 Å². The lowest BCUT2D eigenvalue weighted by molar-refractivity contribution is 0.0465. The van der Waals surface area contributed by atoms with E-state index in [4.69, 9.17) is 4.74 Å². The first-order valence-corrected chi connectivity index (χ1v) is 6.97. The van der Waals surface area contributed by atoms with E-state index in [0.717, 1.165) is 36.1 Å². The number of thiazole rings is 1. The summed E-state index contributed by atoms with van der Waals surface area (Å²) in [6.45, 7) is -0.119. The maximum atomic E-state index is 13.7. The number of nitrogens with zero attached hydrogens (tertiary/aromatic N) is 2. The van der Waals surface area contributed by atoms with Gasteiger partial charge in [0.25, 0.3) is 0 Å². The van der Waals surface area contributed by atoms with Crippen LogP contribution in [0.5, 0.6) is 0 Å². The van der Waals surface area contributed by atoms with Crippen LogP contribution in [0.2, 0.25) is 0 Å². The SMILES string of the molecule is O=C(OCc1nc(-c2c(F)cccc2F)cs1)c1cocn1. The standard InChI is InChI=1S/C14H8F2N2O3S/c15-8-2-1-3-9(16)13(8)11-6-22-12(18-11)5-21-14(19)10-4-20-7-17-10/h1-4,6-7H,5H2. The Balaban J connectivity index is 1.73. The van der Waals surface area contributed by atoms with Gasteiger partial charge in [0, 0.05) is 5.38 Å². The van der Waals surface area contributed by atoms with Gasteiger partial charge >= 0.3 is 5.97 Å². The fourth-order valence-electron chi connectivity index (χ4n) is 1.75. The lowest BCUT2D eigenvalue weighted by atomic mass is 10.1. The Morgan fingerprint density at radius 2 is 2.09 bits per heavy atom. The van der Waals surface area contributed by atoms with Crippen LogP contribution < -0.4 is 0 Å². The molecule has 112 valence electrons. The molecule has 0 radical (unpaired) electrons. The van der Waals surface area contributed by atoms with E-state index in [2.05, 4.69) is 14.4 Å². The van der Waals surface area contributed by atoms with Gasteiger partial charge in [0.2, 0.25) is 0 Å². The zero-order valence-electron chi connectivity index (χ0n) is 11.0. The molecule has 1 aromatic carbocycles. The Hall–Kier alpha value is -2.61. The Kier molecular flexibility index (Phi) is 3.92. The Morgan fingerprint density at radius 3 is 2.77 bits per heavy atom. The molecule has 2 aromatic heterocycles. The first kappa shape index (κ1) is 14.3. The lowest BCUT2D eigenvalue weighted by Gasteiger charge is -2.01. The molecule has 5 nitrogen and oxygen atoms in total. The summed E-state index contributed by atoms with van der Waals surface area (Å²) >= 11 is 1.14. The number of carbonyl (C=O) groups is 1. The van der Waals surface area contributed by atoms with E-state index in [-0.39, 0.29) is 23.6 Å². The normalized spacial score (nSPS) is 10.6. The van der Waals surface area contributed by atoms with E-state index in [9.17, 15) is 13.6 Å². The van der Waals surface area contributed by atoms with Crippen molar-refractivity contribution in [2.75, 3.05) is 0 Å². The van der Waals surface area contributed by atoms with Gasteiger partial charge in [-0.25, -0.2) is 23.5 Å². The van der Waals surface area contributed by atoms with Crippen LogP contribution in [0.15, 0.2) is 40.7 Å². The van der Waals surface area contributed by atoms with Crippen LogP contribution in [0.1, 0.15) is 15.5 Å². The minimum atomic E-state index is -0.698. The minimum absolute atomic E-state index is 0.0388. The highest BCUT2D eigenvalue weighted by Gasteiger charge is 2.16. The fraction of sp³-hybridized carbons (Fsp3) is 0.0714. The van der Waals surface area contributed by atoms with Crippen molar-refractivity contribution in [2.24, 2.45) is 0 Å². The van der Waals surface area contributed by atoms with Crippen LogP contribution in [0.25, 0.3) is 11.3 Å². The van der Waals surface area contributed by atoms with E-state index in [1.807, 2.05) is 0 Å². The predicted octanol–water partition coefficient (Wildman–Crippen LogP) is 3.43. The summed E-state index contributed by atoms with van der Waals surface area (Å²) in [6.07, 6.45) is 2.27. The molecule has 2 heterocycles. The van der Waals surface area contributed by atoms with Crippen LogP contribution in [0.3, 0.4) is 0 Å². The first-order valence-electron chi connectivity index (χ1n) is 6.09. The molecule has 0 atom stereocenters. The average Bonchev–Trinajstić information content (AvgIpc) is 3.16. The van der Waals surface area contributed by atoms with Gasteiger partial charge in [-0.05, 0) is 12.1 Å². The van der Waals surface area contributed by atoms with E-state index in [0.29, 0.717) is 5.01 Å². The number of hydrogen-bond acceptors (Lipinski definition) is 6. The van der Waals surface area contributed by atoms with Crippen molar-refractivity contribution >= 4 is 17.3 Å². The van der Waals surface area contributed by atoms with Crippen LogP contribution in [-0.2, 0) is 11.3 Å². The average molecular weight is 322 g/mol. The third kappa shape index (κ3) is 2.86. The molecule has 3 aromatic rings. The number of ether oxygens (including phenoxy) is 1. The molecule has 0 fully saturated rings. The third-order valence-corrected chi connectivity index (χ3v) is 3.56. The second-order valence-electron chi connectivity index (χ2n) is 4.17. The maximum absolute atomic E-state index is 13.7. The Bertz CT molecular complexity index is 782. The van der Waals surface area contributed by atoms with Gasteiger partial charge in [0.1, 0.15) is 29.5 Å². The first-order chi connectivity index (χ1) is 10.6. The van der Waals surface area contributed by atoms with Crippen LogP contribution >= 0.6 is 11.3 Å². The summed E-state index contributed by atoms with van der Waals surface area (Å²) in [5, 5.41) is 1.91. The third-order valence-electron chi connectivity index (χ3n) is 2.74. The molecular weight excluding hydrogens is 314 g/mol. The van der Waals surface area contributed by atoms with E-state index >= 15 is 0 Å². The number of esters is 1. The summed E-state index contributed by atoms with van der Waals surface area (Å²) in [7, 11) is 0. The quantitative estimate of drug-likeness (QED) is 0.689. The second-order valence-corrected chi connectivity index (χ2v) is 5.12. The van der Waals surface area contributed by atoms with E-state index in [1.165, 1.54) is 11.4 Å². The van der Waals surface area contributed by atoms with E-state index in [1.54, 1.807) is 0 Å². The van der Waals surface area contributed by atoms with Crippen molar-refractivity contribution in [3.8, 4) is 11.3 Å². The fourth-order valence-corrected chi connectivity index (χ4v) is 2.45. The number of benzene rings is 1. The molecule has 0 amide bonds. The molecule has 22 heavy (non-hydrogen) atoms. The summed E-state index contributed by atoms with van der Waals surface area (Å²) < 4.78 is 37.0. The molecule has 8 heteroatoms. The number of rotatable bonds is 4. The lowest BCUT2D eigenvalue weighted by Crippen LogP contribution is -2.05. The number of halogens is 2. The van der Waals surface area contributed by atoms with Gasteiger partial charge < -0.3 is 9.15 Å². The summed E-state index contributed by atoms with van der Waals surface area (Å²) in [4.78, 5) is 19.3. The largest absolute Gasteiger partial charge is 0.453 e. The molecule has 0 unspecified atom stereocenters. The molecule has 0 aliphatic heterocycles. The van der Waals surface area contributed by atoms with Gasteiger partial charge in [0.15, 0.2) is 12.1 Å². The van der Waals surface area contributed by atoms with Crippen LogP contribution in [0, 0.1) is 11.6 Å². The summed E-state index contributed by atoms with van der Waals surface area (Å²) in [6, 6.07) is 3.59. The summed E-state index contributed by atoms with van der Waals surface area (Å²) in [5.74, 6) is -2.06. The summed E-state index contributed by atoms with van der Waals surface area (Å²) in [5.41, 5.74) is -0.00200. The number of aromatic nitrogens is 2. The second kappa shape index (κ2) is 6.02. The highest BCUT2D eigenvalue weighted by molar-refractivity contribution is 7.09. The topological polar surface area (TPSA) is 65.2 Å². The molecule has 0 spiro atoms. The zero-order valence-corrected chi connectivity index (χ0v) is 11.8. The monoisotopic (exact) mass is 322 g/mol. The predicted molar refractivity (Wildman–Crippen MR) is 73.1 cm³/mol. The minimum Gasteiger partial charge on any atom is -0.453 e. The van der Waals surface area contributed by atoms with Crippen molar-refractivity contribution in [1.82, 2.24) is 9.97 Å². The molecule has 0 saturated carbocycles. The van der Waals surface area contributed by atoms with Crippen molar-refractivity contribution in [1.29, 1.82) is 0 Å². The molecule has 0 aliphatic carbocycles. The smallest absolute Gasteiger partial charge is 0.360 e. The highest BCUT2D eigenvalue weighted by Crippen LogP contribution is 2.27. The Morgan fingerprint density at radius 1 is 1.32 bits per heavy atom.